The molecule has 1 heterocycles. The van der Waals surface area contributed by atoms with Crippen LogP contribution in [-0.2, 0) is 6.54 Å². The van der Waals surface area contributed by atoms with Crippen LogP contribution in [0.3, 0.4) is 0 Å². The van der Waals surface area contributed by atoms with Gasteiger partial charge in [-0.25, -0.2) is 0 Å². The molecule has 0 radical (unpaired) electrons. The molecule has 1 aromatic carbocycles. The number of benzene rings is 1. The Kier molecular flexibility index (Phi) is 4.93. The van der Waals surface area contributed by atoms with Gasteiger partial charge in [-0.05, 0) is 38.5 Å². The standard InChI is InChI=1S/C15H22BrClN2/c1-15(2,3)19-8-6-18(7-9-19)11-12-4-5-13(16)10-14(12)17/h4-5,10H,6-9,11H2,1-3H3. The first-order valence-electron chi connectivity index (χ1n) is 6.77. The second kappa shape index (κ2) is 6.13. The molecule has 2 rings (SSSR count). The Morgan fingerprint density at radius 1 is 1.16 bits per heavy atom. The highest BCUT2D eigenvalue weighted by Gasteiger charge is 2.25. The summed E-state index contributed by atoms with van der Waals surface area (Å²) in [5.74, 6) is 0. The van der Waals surface area contributed by atoms with Crippen LogP contribution in [0.25, 0.3) is 0 Å². The third-order valence-corrected chi connectivity index (χ3v) is 4.58. The highest BCUT2D eigenvalue weighted by molar-refractivity contribution is 9.10. The summed E-state index contributed by atoms with van der Waals surface area (Å²) in [5, 5.41) is 0.854. The SMILES string of the molecule is CC(C)(C)N1CCN(Cc2ccc(Br)cc2Cl)CC1. The van der Waals surface area contributed by atoms with Gasteiger partial charge in [0.25, 0.3) is 0 Å². The van der Waals surface area contributed by atoms with Crippen molar-refractivity contribution in [2.24, 2.45) is 0 Å². The Hall–Kier alpha value is -0.0900. The van der Waals surface area contributed by atoms with Crippen molar-refractivity contribution >= 4 is 27.5 Å². The summed E-state index contributed by atoms with van der Waals surface area (Å²) >= 11 is 9.73. The predicted molar refractivity (Wildman–Crippen MR) is 85.8 cm³/mol. The van der Waals surface area contributed by atoms with Crippen molar-refractivity contribution in [2.45, 2.75) is 32.9 Å². The second-order valence-electron chi connectivity index (χ2n) is 6.17. The van der Waals surface area contributed by atoms with Gasteiger partial charge in [0.05, 0.1) is 0 Å². The summed E-state index contributed by atoms with van der Waals surface area (Å²) in [6.45, 7) is 12.3. The molecule has 1 fully saturated rings. The normalized spacial score (nSPS) is 18.8. The predicted octanol–water partition coefficient (Wildman–Crippen LogP) is 4.02. The van der Waals surface area contributed by atoms with E-state index in [0.29, 0.717) is 0 Å². The fourth-order valence-corrected chi connectivity index (χ4v) is 3.20. The summed E-state index contributed by atoms with van der Waals surface area (Å²) in [6.07, 6.45) is 0. The maximum atomic E-state index is 6.28. The number of nitrogens with zero attached hydrogens (tertiary/aromatic N) is 2. The zero-order valence-corrected chi connectivity index (χ0v) is 14.3. The van der Waals surface area contributed by atoms with E-state index in [-0.39, 0.29) is 5.54 Å². The molecule has 0 spiro atoms. The summed E-state index contributed by atoms with van der Waals surface area (Å²) in [5.41, 5.74) is 1.50. The minimum Gasteiger partial charge on any atom is -0.296 e. The minimum atomic E-state index is 0.279. The third kappa shape index (κ3) is 4.19. The monoisotopic (exact) mass is 344 g/mol. The van der Waals surface area contributed by atoms with Gasteiger partial charge in [0.1, 0.15) is 0 Å². The van der Waals surface area contributed by atoms with Gasteiger partial charge in [-0.15, -0.1) is 0 Å². The van der Waals surface area contributed by atoms with Crippen molar-refractivity contribution < 1.29 is 0 Å². The van der Waals surface area contributed by atoms with Crippen LogP contribution in [0.4, 0.5) is 0 Å². The van der Waals surface area contributed by atoms with Crippen LogP contribution in [0.5, 0.6) is 0 Å². The Balaban J connectivity index is 1.92. The summed E-state index contributed by atoms with van der Waals surface area (Å²) in [4.78, 5) is 5.03. The van der Waals surface area contributed by atoms with Crippen LogP contribution in [-0.4, -0.2) is 41.5 Å². The van der Waals surface area contributed by atoms with Crippen molar-refractivity contribution in [1.82, 2.24) is 9.80 Å². The lowest BCUT2D eigenvalue weighted by molar-refractivity contribution is 0.0591. The largest absolute Gasteiger partial charge is 0.296 e. The highest BCUT2D eigenvalue weighted by Crippen LogP contribution is 2.23. The van der Waals surface area contributed by atoms with Crippen LogP contribution < -0.4 is 0 Å². The second-order valence-corrected chi connectivity index (χ2v) is 7.49. The lowest BCUT2D eigenvalue weighted by Gasteiger charge is -2.42. The molecule has 0 unspecified atom stereocenters. The van der Waals surface area contributed by atoms with Gasteiger partial charge < -0.3 is 0 Å². The number of halogens is 2. The molecule has 2 nitrogen and oxygen atoms in total. The van der Waals surface area contributed by atoms with Crippen LogP contribution in [0.1, 0.15) is 26.3 Å². The van der Waals surface area contributed by atoms with Gasteiger partial charge in [-0.3, -0.25) is 9.80 Å². The lowest BCUT2D eigenvalue weighted by atomic mass is 10.0. The Labute approximate surface area is 129 Å². The van der Waals surface area contributed by atoms with Crippen molar-refractivity contribution in [2.75, 3.05) is 26.2 Å². The molecule has 0 atom stereocenters. The van der Waals surface area contributed by atoms with E-state index in [2.05, 4.69) is 58.6 Å². The van der Waals surface area contributed by atoms with Gasteiger partial charge in [-0.2, -0.15) is 0 Å². The van der Waals surface area contributed by atoms with Crippen LogP contribution in [0.15, 0.2) is 22.7 Å². The van der Waals surface area contributed by atoms with E-state index in [4.69, 9.17) is 11.6 Å². The van der Waals surface area contributed by atoms with E-state index >= 15 is 0 Å². The van der Waals surface area contributed by atoms with E-state index in [9.17, 15) is 0 Å². The van der Waals surface area contributed by atoms with Gasteiger partial charge in [0.2, 0.25) is 0 Å². The first-order valence-corrected chi connectivity index (χ1v) is 7.95. The molecule has 0 saturated carbocycles. The molecule has 106 valence electrons. The molecule has 1 aliphatic rings. The van der Waals surface area contributed by atoms with Gasteiger partial charge in [0.15, 0.2) is 0 Å². The Morgan fingerprint density at radius 2 is 1.79 bits per heavy atom. The van der Waals surface area contributed by atoms with E-state index < -0.39 is 0 Å². The summed E-state index contributed by atoms with van der Waals surface area (Å²) in [7, 11) is 0. The van der Waals surface area contributed by atoms with Crippen LogP contribution in [0, 0.1) is 0 Å². The third-order valence-electron chi connectivity index (χ3n) is 3.73. The van der Waals surface area contributed by atoms with Crippen molar-refractivity contribution in [1.29, 1.82) is 0 Å². The Morgan fingerprint density at radius 3 is 2.32 bits per heavy atom. The Bertz CT molecular complexity index is 434. The average molecular weight is 346 g/mol. The number of hydrogen-bond acceptors (Lipinski definition) is 2. The highest BCUT2D eigenvalue weighted by atomic mass is 79.9. The van der Waals surface area contributed by atoms with E-state index in [1.807, 2.05) is 6.07 Å². The molecule has 0 bridgehead atoms. The van der Waals surface area contributed by atoms with Crippen molar-refractivity contribution in [3.8, 4) is 0 Å². The summed E-state index contributed by atoms with van der Waals surface area (Å²) < 4.78 is 1.04. The molecule has 1 saturated heterocycles. The fourth-order valence-electron chi connectivity index (χ4n) is 2.47. The van der Waals surface area contributed by atoms with Crippen LogP contribution >= 0.6 is 27.5 Å². The lowest BCUT2D eigenvalue weighted by Crippen LogP contribution is -2.53. The number of hydrogen-bond donors (Lipinski definition) is 0. The minimum absolute atomic E-state index is 0.279. The molecule has 0 N–H and O–H groups in total. The van der Waals surface area contributed by atoms with E-state index in [1.54, 1.807) is 0 Å². The maximum absolute atomic E-state index is 6.28. The maximum Gasteiger partial charge on any atom is 0.0462 e. The van der Waals surface area contributed by atoms with Crippen LogP contribution in [0.2, 0.25) is 5.02 Å². The smallest absolute Gasteiger partial charge is 0.0462 e. The molecule has 1 aliphatic heterocycles. The number of rotatable bonds is 2. The zero-order valence-electron chi connectivity index (χ0n) is 11.9. The van der Waals surface area contributed by atoms with Gasteiger partial charge in [-0.1, -0.05) is 33.6 Å². The molecule has 19 heavy (non-hydrogen) atoms. The quantitative estimate of drug-likeness (QED) is 0.799. The van der Waals surface area contributed by atoms with E-state index in [0.717, 1.165) is 42.2 Å². The molecule has 0 aromatic heterocycles. The molecular formula is C15H22BrClN2. The molecule has 0 aliphatic carbocycles. The van der Waals surface area contributed by atoms with Gasteiger partial charge in [0, 0.05) is 47.8 Å². The zero-order chi connectivity index (χ0) is 14.0. The van der Waals surface area contributed by atoms with E-state index in [1.165, 1.54) is 5.56 Å². The first-order chi connectivity index (χ1) is 8.86. The van der Waals surface area contributed by atoms with Crippen molar-refractivity contribution in [3.63, 3.8) is 0 Å². The topological polar surface area (TPSA) is 6.48 Å². The van der Waals surface area contributed by atoms with Crippen molar-refractivity contribution in [3.05, 3.63) is 33.3 Å². The average Bonchev–Trinajstić information content (AvgIpc) is 2.32. The summed E-state index contributed by atoms with van der Waals surface area (Å²) in [6, 6.07) is 6.15. The molecule has 4 heteroatoms. The van der Waals surface area contributed by atoms with Gasteiger partial charge >= 0.3 is 0 Å². The molecule has 0 amide bonds. The fraction of sp³-hybridized carbons (Fsp3) is 0.600. The molecular weight excluding hydrogens is 324 g/mol. The molecule has 1 aromatic rings. The first kappa shape index (κ1) is 15.3. The number of piperazine rings is 1.